The van der Waals surface area contributed by atoms with Crippen LogP contribution in [-0.4, -0.2) is 17.3 Å². The van der Waals surface area contributed by atoms with Crippen LogP contribution in [0.25, 0.3) is 11.1 Å². The average Bonchev–Trinajstić information content (AvgIpc) is 3.34. The first-order valence-electron chi connectivity index (χ1n) is 10.8. The van der Waals surface area contributed by atoms with E-state index in [1.807, 2.05) is 29.7 Å². The zero-order chi connectivity index (χ0) is 23.8. The van der Waals surface area contributed by atoms with Crippen molar-refractivity contribution in [1.29, 1.82) is 0 Å². The summed E-state index contributed by atoms with van der Waals surface area (Å²) >= 11 is 0. The van der Waals surface area contributed by atoms with Crippen LogP contribution < -0.4 is 15.2 Å². The Morgan fingerprint density at radius 1 is 1.09 bits per heavy atom. The third-order valence-corrected chi connectivity index (χ3v) is 5.92. The number of ether oxygens (including phenoxy) is 2. The molecule has 0 radical (unpaired) electrons. The van der Waals surface area contributed by atoms with Crippen molar-refractivity contribution in [1.82, 2.24) is 4.57 Å². The molecule has 2 aromatic carbocycles. The van der Waals surface area contributed by atoms with Crippen molar-refractivity contribution in [2.45, 2.75) is 45.8 Å². The maximum atomic E-state index is 13.1. The van der Waals surface area contributed by atoms with Gasteiger partial charge in [0.05, 0.1) is 11.1 Å². The van der Waals surface area contributed by atoms with Crippen molar-refractivity contribution in [3.63, 3.8) is 0 Å². The molecule has 5 nitrogen and oxygen atoms in total. The maximum Gasteiger partial charge on any atom is 0.416 e. The molecule has 2 N–H and O–H groups in total. The van der Waals surface area contributed by atoms with E-state index in [2.05, 4.69) is 6.92 Å². The minimum Gasteiger partial charge on any atom is -0.454 e. The summed E-state index contributed by atoms with van der Waals surface area (Å²) in [5, 5.41) is 0. The number of aromatic nitrogens is 1. The molecule has 174 valence electrons. The van der Waals surface area contributed by atoms with Gasteiger partial charge in [-0.25, -0.2) is 0 Å². The first-order valence-corrected chi connectivity index (χ1v) is 10.8. The van der Waals surface area contributed by atoms with Gasteiger partial charge >= 0.3 is 6.18 Å². The summed E-state index contributed by atoms with van der Waals surface area (Å²) in [4.78, 5) is 12.5. The van der Waals surface area contributed by atoms with Gasteiger partial charge in [-0.3, -0.25) is 4.79 Å². The number of halogens is 3. The van der Waals surface area contributed by atoms with E-state index in [4.69, 9.17) is 15.2 Å². The molecule has 33 heavy (non-hydrogen) atoms. The molecule has 0 aliphatic carbocycles. The van der Waals surface area contributed by atoms with Crippen molar-refractivity contribution in [3.8, 4) is 22.6 Å². The van der Waals surface area contributed by atoms with Gasteiger partial charge in [0.2, 0.25) is 6.79 Å². The number of carbonyl (C=O) groups excluding carboxylic acids is 1. The Kier molecular flexibility index (Phi) is 6.10. The molecule has 1 aliphatic rings. The Labute approximate surface area is 189 Å². The molecule has 4 rings (SSSR count). The fourth-order valence-electron chi connectivity index (χ4n) is 4.28. The molecule has 0 saturated heterocycles. The maximum absolute atomic E-state index is 13.1. The van der Waals surface area contributed by atoms with Crippen LogP contribution in [0, 0.1) is 6.92 Å². The standard InChI is InChI=1S/C25H25F3N2O3/c1-3-4-5-19-23(17-7-9-18(10-8-17)25(26,27)28)22(24(29)31)15(2)30(19)13-16-6-11-20-21(12-16)33-14-32-20/h6-12H,3-5,13-14H2,1-2H3,(H2,29,31). The van der Waals surface area contributed by atoms with Crippen LogP contribution in [0.3, 0.4) is 0 Å². The molecule has 0 unspecified atom stereocenters. The van der Waals surface area contributed by atoms with E-state index in [-0.39, 0.29) is 6.79 Å². The van der Waals surface area contributed by atoms with Crippen molar-refractivity contribution in [2.75, 3.05) is 6.79 Å². The normalized spacial score (nSPS) is 12.9. The summed E-state index contributed by atoms with van der Waals surface area (Å²) in [6.45, 7) is 4.51. The fraction of sp³-hybridized carbons (Fsp3) is 0.320. The summed E-state index contributed by atoms with van der Waals surface area (Å²) in [5.74, 6) is 0.729. The fourth-order valence-corrected chi connectivity index (χ4v) is 4.28. The molecule has 0 atom stereocenters. The van der Waals surface area contributed by atoms with Crippen molar-refractivity contribution < 1.29 is 27.4 Å². The van der Waals surface area contributed by atoms with Gasteiger partial charge in [-0.15, -0.1) is 0 Å². The van der Waals surface area contributed by atoms with E-state index in [0.29, 0.717) is 46.8 Å². The number of nitrogens with zero attached hydrogens (tertiary/aromatic N) is 1. The molecule has 0 bridgehead atoms. The Hall–Kier alpha value is -3.42. The number of rotatable bonds is 7. The number of nitrogens with two attached hydrogens (primary N) is 1. The summed E-state index contributed by atoms with van der Waals surface area (Å²) in [6.07, 6.45) is -1.99. The molecule has 1 aliphatic heterocycles. The van der Waals surface area contributed by atoms with Gasteiger partial charge < -0.3 is 19.8 Å². The van der Waals surface area contributed by atoms with Gasteiger partial charge in [0.15, 0.2) is 11.5 Å². The first-order chi connectivity index (χ1) is 15.7. The van der Waals surface area contributed by atoms with Crippen LogP contribution in [0.2, 0.25) is 0 Å². The monoisotopic (exact) mass is 458 g/mol. The van der Waals surface area contributed by atoms with E-state index < -0.39 is 17.6 Å². The summed E-state index contributed by atoms with van der Waals surface area (Å²) < 4.78 is 52.1. The van der Waals surface area contributed by atoms with E-state index in [0.717, 1.165) is 36.2 Å². The lowest BCUT2D eigenvalue weighted by Gasteiger charge is -2.14. The minimum absolute atomic E-state index is 0.174. The van der Waals surface area contributed by atoms with Crippen LogP contribution in [0.1, 0.15) is 52.6 Å². The van der Waals surface area contributed by atoms with E-state index in [1.54, 1.807) is 0 Å². The van der Waals surface area contributed by atoms with Crippen molar-refractivity contribution in [3.05, 3.63) is 70.5 Å². The van der Waals surface area contributed by atoms with Gasteiger partial charge in [-0.05, 0) is 55.2 Å². The third-order valence-electron chi connectivity index (χ3n) is 5.92. The number of carbonyl (C=O) groups is 1. The predicted molar refractivity (Wildman–Crippen MR) is 118 cm³/mol. The molecule has 1 aromatic heterocycles. The Balaban J connectivity index is 1.84. The molecule has 8 heteroatoms. The molecular weight excluding hydrogens is 433 g/mol. The van der Waals surface area contributed by atoms with Gasteiger partial charge in [0.25, 0.3) is 5.91 Å². The lowest BCUT2D eigenvalue weighted by atomic mass is 9.96. The number of amides is 1. The number of unbranched alkanes of at least 4 members (excludes halogenated alkanes) is 1. The number of primary amides is 1. The smallest absolute Gasteiger partial charge is 0.416 e. The summed E-state index contributed by atoms with van der Waals surface area (Å²) in [7, 11) is 0. The number of alkyl halides is 3. The second-order valence-electron chi connectivity index (χ2n) is 8.10. The highest BCUT2D eigenvalue weighted by Gasteiger charge is 2.31. The van der Waals surface area contributed by atoms with Crippen molar-refractivity contribution in [2.24, 2.45) is 5.73 Å². The molecular formula is C25H25F3N2O3. The Morgan fingerprint density at radius 2 is 1.79 bits per heavy atom. The second-order valence-corrected chi connectivity index (χ2v) is 8.10. The zero-order valence-corrected chi connectivity index (χ0v) is 18.5. The molecule has 0 spiro atoms. The van der Waals surface area contributed by atoms with Gasteiger partial charge in [-0.2, -0.15) is 13.2 Å². The largest absolute Gasteiger partial charge is 0.454 e. The van der Waals surface area contributed by atoms with Gasteiger partial charge in [-0.1, -0.05) is 31.5 Å². The molecule has 2 heterocycles. The van der Waals surface area contributed by atoms with Crippen molar-refractivity contribution >= 4 is 5.91 Å². The Bertz CT molecular complexity index is 1180. The highest BCUT2D eigenvalue weighted by Crippen LogP contribution is 2.38. The highest BCUT2D eigenvalue weighted by molar-refractivity contribution is 6.02. The van der Waals surface area contributed by atoms with Crippen LogP contribution in [-0.2, 0) is 19.1 Å². The lowest BCUT2D eigenvalue weighted by Crippen LogP contribution is -2.13. The Morgan fingerprint density at radius 3 is 2.42 bits per heavy atom. The predicted octanol–water partition coefficient (Wildman–Crippen LogP) is 5.70. The second kappa shape index (κ2) is 8.84. The number of fused-ring (bicyclic) bond motifs is 1. The first kappa shape index (κ1) is 22.8. The van der Waals surface area contributed by atoms with Crippen LogP contribution in [0.15, 0.2) is 42.5 Å². The highest BCUT2D eigenvalue weighted by atomic mass is 19.4. The van der Waals surface area contributed by atoms with Crippen LogP contribution in [0.4, 0.5) is 13.2 Å². The number of benzene rings is 2. The third kappa shape index (κ3) is 4.42. The molecule has 3 aromatic rings. The van der Waals surface area contributed by atoms with Gasteiger partial charge in [0, 0.05) is 23.5 Å². The minimum atomic E-state index is -4.43. The molecule has 0 saturated carbocycles. The molecule has 1 amide bonds. The van der Waals surface area contributed by atoms with E-state index >= 15 is 0 Å². The van der Waals surface area contributed by atoms with Crippen LogP contribution >= 0.6 is 0 Å². The SMILES string of the molecule is CCCCc1c(-c2ccc(C(F)(F)F)cc2)c(C(N)=O)c(C)n1Cc1ccc2c(c1)OCO2. The number of hydrogen-bond donors (Lipinski definition) is 1. The topological polar surface area (TPSA) is 66.5 Å². The van der Waals surface area contributed by atoms with E-state index in [9.17, 15) is 18.0 Å². The number of hydrogen-bond acceptors (Lipinski definition) is 3. The zero-order valence-electron chi connectivity index (χ0n) is 18.5. The average molecular weight is 458 g/mol. The van der Waals surface area contributed by atoms with Crippen LogP contribution in [0.5, 0.6) is 11.5 Å². The lowest BCUT2D eigenvalue weighted by molar-refractivity contribution is -0.137. The van der Waals surface area contributed by atoms with Gasteiger partial charge in [0.1, 0.15) is 0 Å². The van der Waals surface area contributed by atoms with E-state index in [1.165, 1.54) is 12.1 Å². The quantitative estimate of drug-likeness (QED) is 0.494. The summed E-state index contributed by atoms with van der Waals surface area (Å²) in [5.41, 5.74) is 9.00. The summed E-state index contributed by atoms with van der Waals surface area (Å²) in [6, 6.07) is 10.6. The molecule has 0 fully saturated rings.